The van der Waals surface area contributed by atoms with Gasteiger partial charge in [0.15, 0.2) is 0 Å². The predicted molar refractivity (Wildman–Crippen MR) is 77.3 cm³/mol. The summed E-state index contributed by atoms with van der Waals surface area (Å²) in [6.07, 6.45) is 1.80. The van der Waals surface area contributed by atoms with E-state index >= 15 is 0 Å². The molecule has 1 N–H and O–H groups in total. The molecule has 1 heterocycles. The second-order valence-electron chi connectivity index (χ2n) is 4.65. The van der Waals surface area contributed by atoms with E-state index in [9.17, 15) is 0 Å². The highest BCUT2D eigenvalue weighted by molar-refractivity contribution is 9.10. The standard InChI is InChI=1S/C14H16BrN3/c1-14(2,16-3)13-17-8-7-12(18-13)10-5-4-6-11(15)9-10/h4-9,16H,1-3H3. The summed E-state index contributed by atoms with van der Waals surface area (Å²) in [5.74, 6) is 0.794. The molecule has 0 aliphatic heterocycles. The average Bonchev–Trinajstić information content (AvgIpc) is 2.39. The summed E-state index contributed by atoms with van der Waals surface area (Å²) in [4.78, 5) is 8.98. The predicted octanol–water partition coefficient (Wildman–Crippen LogP) is 3.36. The van der Waals surface area contributed by atoms with Crippen molar-refractivity contribution in [1.29, 1.82) is 0 Å². The van der Waals surface area contributed by atoms with Crippen LogP contribution < -0.4 is 5.32 Å². The molecule has 94 valence electrons. The minimum Gasteiger partial charge on any atom is -0.308 e. The Labute approximate surface area is 116 Å². The molecule has 0 amide bonds. The van der Waals surface area contributed by atoms with Crippen molar-refractivity contribution in [2.45, 2.75) is 19.4 Å². The van der Waals surface area contributed by atoms with Crippen LogP contribution in [-0.4, -0.2) is 17.0 Å². The van der Waals surface area contributed by atoms with Crippen LogP contribution in [0.15, 0.2) is 41.0 Å². The fourth-order valence-corrected chi connectivity index (χ4v) is 1.98. The SMILES string of the molecule is CNC(C)(C)c1nccc(-c2cccc(Br)c2)n1. The van der Waals surface area contributed by atoms with E-state index in [0.29, 0.717) is 0 Å². The van der Waals surface area contributed by atoms with Crippen molar-refractivity contribution >= 4 is 15.9 Å². The molecule has 0 bridgehead atoms. The highest BCUT2D eigenvalue weighted by Gasteiger charge is 2.21. The van der Waals surface area contributed by atoms with E-state index < -0.39 is 0 Å². The van der Waals surface area contributed by atoms with Crippen molar-refractivity contribution < 1.29 is 0 Å². The van der Waals surface area contributed by atoms with Crippen molar-refractivity contribution in [3.63, 3.8) is 0 Å². The van der Waals surface area contributed by atoms with Gasteiger partial charge in [0, 0.05) is 16.2 Å². The minimum absolute atomic E-state index is 0.234. The van der Waals surface area contributed by atoms with Crippen LogP contribution in [0.4, 0.5) is 0 Å². The van der Waals surface area contributed by atoms with E-state index in [1.165, 1.54) is 0 Å². The maximum absolute atomic E-state index is 4.63. The number of halogens is 1. The lowest BCUT2D eigenvalue weighted by atomic mass is 10.0. The van der Waals surface area contributed by atoms with E-state index in [2.05, 4.69) is 51.1 Å². The Hall–Kier alpha value is -1.26. The molecule has 0 unspecified atom stereocenters. The van der Waals surface area contributed by atoms with Crippen LogP contribution in [-0.2, 0) is 5.54 Å². The summed E-state index contributed by atoms with van der Waals surface area (Å²) in [6.45, 7) is 4.13. The number of nitrogens with zero attached hydrogens (tertiary/aromatic N) is 2. The Morgan fingerprint density at radius 1 is 1.22 bits per heavy atom. The number of hydrogen-bond donors (Lipinski definition) is 1. The maximum Gasteiger partial charge on any atom is 0.148 e. The molecule has 0 atom stereocenters. The second-order valence-corrected chi connectivity index (χ2v) is 5.57. The Morgan fingerprint density at radius 2 is 2.00 bits per heavy atom. The van der Waals surface area contributed by atoms with Gasteiger partial charge in [0.25, 0.3) is 0 Å². The van der Waals surface area contributed by atoms with Crippen LogP contribution in [0.1, 0.15) is 19.7 Å². The molecule has 0 saturated heterocycles. The molecule has 0 saturated carbocycles. The highest BCUT2D eigenvalue weighted by atomic mass is 79.9. The third-order valence-corrected chi connectivity index (χ3v) is 3.45. The van der Waals surface area contributed by atoms with Gasteiger partial charge < -0.3 is 5.32 Å². The molecule has 2 rings (SSSR count). The summed E-state index contributed by atoms with van der Waals surface area (Å²) < 4.78 is 1.05. The molecule has 0 aliphatic rings. The maximum atomic E-state index is 4.63. The van der Waals surface area contributed by atoms with Crippen molar-refractivity contribution in [1.82, 2.24) is 15.3 Å². The van der Waals surface area contributed by atoms with Crippen molar-refractivity contribution in [3.05, 3.63) is 46.8 Å². The highest BCUT2D eigenvalue weighted by Crippen LogP contribution is 2.23. The van der Waals surface area contributed by atoms with Gasteiger partial charge in [-0.3, -0.25) is 0 Å². The molecule has 3 nitrogen and oxygen atoms in total. The first kappa shape index (κ1) is 13.2. The number of aromatic nitrogens is 2. The fourth-order valence-electron chi connectivity index (χ4n) is 1.58. The molecule has 0 aliphatic carbocycles. The summed E-state index contributed by atoms with van der Waals surface area (Å²) in [5.41, 5.74) is 1.78. The smallest absolute Gasteiger partial charge is 0.148 e. The van der Waals surface area contributed by atoms with Gasteiger partial charge in [0.1, 0.15) is 5.82 Å². The molecular formula is C14H16BrN3. The quantitative estimate of drug-likeness (QED) is 0.945. The first-order valence-corrected chi connectivity index (χ1v) is 6.60. The molecule has 0 spiro atoms. The Kier molecular flexibility index (Phi) is 3.78. The summed E-state index contributed by atoms with van der Waals surface area (Å²) >= 11 is 3.48. The van der Waals surface area contributed by atoms with Gasteiger partial charge >= 0.3 is 0 Å². The Balaban J connectivity index is 2.45. The van der Waals surface area contributed by atoms with Crippen LogP contribution in [0.3, 0.4) is 0 Å². The zero-order valence-corrected chi connectivity index (χ0v) is 12.3. The number of nitrogens with one attached hydrogen (secondary N) is 1. The van der Waals surface area contributed by atoms with Crippen molar-refractivity contribution in [3.8, 4) is 11.3 Å². The Bertz CT molecular complexity index is 552. The van der Waals surface area contributed by atoms with Gasteiger partial charge in [0.2, 0.25) is 0 Å². The van der Waals surface area contributed by atoms with Crippen molar-refractivity contribution in [2.75, 3.05) is 7.05 Å². The van der Waals surface area contributed by atoms with Crippen LogP contribution in [0.25, 0.3) is 11.3 Å². The van der Waals surface area contributed by atoms with E-state index in [1.807, 2.05) is 31.3 Å². The minimum atomic E-state index is -0.234. The van der Waals surface area contributed by atoms with Crippen LogP contribution >= 0.6 is 15.9 Å². The lowest BCUT2D eigenvalue weighted by Gasteiger charge is -2.22. The largest absolute Gasteiger partial charge is 0.308 e. The third-order valence-electron chi connectivity index (χ3n) is 2.96. The molecule has 2 aromatic rings. The third kappa shape index (κ3) is 2.76. The van der Waals surface area contributed by atoms with E-state index in [0.717, 1.165) is 21.6 Å². The summed E-state index contributed by atoms with van der Waals surface area (Å²) in [6, 6.07) is 10.0. The number of benzene rings is 1. The van der Waals surface area contributed by atoms with Crippen molar-refractivity contribution in [2.24, 2.45) is 0 Å². The lowest BCUT2D eigenvalue weighted by molar-refractivity contribution is 0.417. The normalized spacial score (nSPS) is 11.6. The molecule has 0 fully saturated rings. The van der Waals surface area contributed by atoms with Crippen LogP contribution in [0.2, 0.25) is 0 Å². The molecule has 18 heavy (non-hydrogen) atoms. The van der Waals surface area contributed by atoms with Gasteiger partial charge in [-0.1, -0.05) is 28.1 Å². The molecule has 1 aromatic heterocycles. The molecule has 0 radical (unpaired) electrons. The van der Waals surface area contributed by atoms with Gasteiger partial charge in [-0.2, -0.15) is 0 Å². The van der Waals surface area contributed by atoms with E-state index in [4.69, 9.17) is 0 Å². The first-order chi connectivity index (χ1) is 8.53. The second kappa shape index (κ2) is 5.16. The number of hydrogen-bond acceptors (Lipinski definition) is 3. The zero-order chi connectivity index (χ0) is 13.2. The summed E-state index contributed by atoms with van der Waals surface area (Å²) in [5, 5.41) is 3.21. The first-order valence-electron chi connectivity index (χ1n) is 5.81. The van der Waals surface area contributed by atoms with E-state index in [-0.39, 0.29) is 5.54 Å². The molecular weight excluding hydrogens is 290 g/mol. The number of rotatable bonds is 3. The average molecular weight is 306 g/mol. The van der Waals surface area contributed by atoms with Gasteiger partial charge in [-0.25, -0.2) is 9.97 Å². The topological polar surface area (TPSA) is 37.8 Å². The van der Waals surface area contributed by atoms with Gasteiger partial charge in [-0.05, 0) is 39.1 Å². The van der Waals surface area contributed by atoms with Gasteiger partial charge in [0.05, 0.1) is 11.2 Å². The zero-order valence-electron chi connectivity index (χ0n) is 10.7. The fraction of sp³-hybridized carbons (Fsp3) is 0.286. The molecule has 4 heteroatoms. The van der Waals surface area contributed by atoms with Crippen LogP contribution in [0, 0.1) is 0 Å². The monoisotopic (exact) mass is 305 g/mol. The van der Waals surface area contributed by atoms with E-state index in [1.54, 1.807) is 6.20 Å². The molecule has 1 aromatic carbocycles. The van der Waals surface area contributed by atoms with Gasteiger partial charge in [-0.15, -0.1) is 0 Å². The van der Waals surface area contributed by atoms with Crippen LogP contribution in [0.5, 0.6) is 0 Å². The Morgan fingerprint density at radius 3 is 2.67 bits per heavy atom. The lowest BCUT2D eigenvalue weighted by Crippen LogP contribution is -2.35. The summed E-state index contributed by atoms with van der Waals surface area (Å²) in [7, 11) is 1.91.